The standard InChI is InChI=1S/C34H43N3O8/c1-32-11-9-21(37-45-18-29(41)36-26(31(42)43)13-19-16-35-25-6-4-3-5-22(19)25)14-20(32)7-8-23-24-10-12-34(44,28(40)17-38)33(24,2)15-27(39)30(23)32/h3-6,14,16,23-24,26-27,30,35,38-39,44H,7-13,15,17-18H2,1-2H3,(H,36,41)(H,42,43)/b37-21-/t23-,24+,26-,27+,30+,32+,33+,34+/m1/s1. The number of aliphatic hydroxyl groups is 3. The summed E-state index contributed by atoms with van der Waals surface area (Å²) in [6.45, 7) is 2.98. The Balaban J connectivity index is 1.09. The van der Waals surface area contributed by atoms with Gasteiger partial charge in [-0.1, -0.05) is 42.8 Å². The van der Waals surface area contributed by atoms with Gasteiger partial charge in [0.25, 0.3) is 5.91 Å². The molecule has 6 N–H and O–H groups in total. The number of H-pyrrole nitrogens is 1. The third-order valence-corrected chi connectivity index (χ3v) is 11.8. The van der Waals surface area contributed by atoms with E-state index in [1.54, 1.807) is 6.20 Å². The maximum Gasteiger partial charge on any atom is 0.326 e. The molecule has 0 bridgehead atoms. The van der Waals surface area contributed by atoms with Crippen LogP contribution in [0.25, 0.3) is 10.9 Å². The van der Waals surface area contributed by atoms with Crippen molar-refractivity contribution in [2.24, 2.45) is 33.7 Å². The van der Waals surface area contributed by atoms with Crippen LogP contribution in [0.15, 0.2) is 47.3 Å². The molecular formula is C34H43N3O8. The van der Waals surface area contributed by atoms with Crippen molar-refractivity contribution in [2.45, 2.75) is 83.0 Å². The van der Waals surface area contributed by atoms with Crippen LogP contribution < -0.4 is 5.32 Å². The predicted molar refractivity (Wildman–Crippen MR) is 165 cm³/mol. The number of aromatic nitrogens is 1. The minimum Gasteiger partial charge on any atom is -0.480 e. The number of carboxylic acid groups (broad SMARTS) is 1. The van der Waals surface area contributed by atoms with Gasteiger partial charge in [-0.25, -0.2) is 4.79 Å². The van der Waals surface area contributed by atoms with E-state index in [9.17, 15) is 34.8 Å². The lowest BCUT2D eigenvalue weighted by atomic mass is 9.45. The first-order valence-corrected chi connectivity index (χ1v) is 15.9. The molecule has 0 aliphatic heterocycles. The lowest BCUT2D eigenvalue weighted by Crippen LogP contribution is -2.62. The van der Waals surface area contributed by atoms with Crippen molar-refractivity contribution < 1.29 is 39.6 Å². The van der Waals surface area contributed by atoms with Crippen LogP contribution in [0.3, 0.4) is 0 Å². The number of carbonyl (C=O) groups excluding carboxylic acids is 2. The highest BCUT2D eigenvalue weighted by Gasteiger charge is 2.68. The van der Waals surface area contributed by atoms with Crippen molar-refractivity contribution in [3.63, 3.8) is 0 Å². The van der Waals surface area contributed by atoms with E-state index >= 15 is 0 Å². The fourth-order valence-corrected chi connectivity index (χ4v) is 9.49. The minimum absolute atomic E-state index is 0.0273. The lowest BCUT2D eigenvalue weighted by molar-refractivity contribution is -0.181. The second kappa shape index (κ2) is 11.7. The molecule has 4 aliphatic carbocycles. The van der Waals surface area contributed by atoms with Gasteiger partial charge in [0.1, 0.15) is 18.2 Å². The van der Waals surface area contributed by atoms with Crippen LogP contribution in [-0.4, -0.2) is 79.7 Å². The molecule has 2 aromatic rings. The SMILES string of the molecule is C[C@]12CC/C(=N/OCC(=O)N[C@H](Cc3c[nH]c4ccccc34)C(=O)O)C=C1CC[C@H]1[C@H]2[C@@H](O)C[C@@]2(C)[C@H]1CC[C@]2(O)C(=O)CO. The molecule has 0 saturated heterocycles. The summed E-state index contributed by atoms with van der Waals surface area (Å²) in [5, 5.41) is 49.9. The summed E-state index contributed by atoms with van der Waals surface area (Å²) in [4.78, 5) is 45.7. The van der Waals surface area contributed by atoms with Crippen LogP contribution >= 0.6 is 0 Å². The van der Waals surface area contributed by atoms with Gasteiger partial charge in [-0.3, -0.25) is 9.59 Å². The number of benzene rings is 1. The van der Waals surface area contributed by atoms with Crippen LogP contribution in [0, 0.1) is 28.6 Å². The number of para-hydroxylation sites is 1. The number of nitrogens with one attached hydrogen (secondary N) is 2. The number of aliphatic carboxylic acids is 1. The Morgan fingerprint density at radius 1 is 1.16 bits per heavy atom. The molecule has 3 saturated carbocycles. The molecule has 242 valence electrons. The van der Waals surface area contributed by atoms with E-state index in [1.807, 2.05) is 37.3 Å². The Hall–Kier alpha value is -3.54. The number of aromatic amines is 1. The molecule has 0 unspecified atom stereocenters. The van der Waals surface area contributed by atoms with E-state index in [4.69, 9.17) is 4.84 Å². The monoisotopic (exact) mass is 621 g/mol. The van der Waals surface area contributed by atoms with Crippen molar-refractivity contribution in [3.05, 3.63) is 47.7 Å². The molecular weight excluding hydrogens is 578 g/mol. The Labute approximate surface area is 261 Å². The highest BCUT2D eigenvalue weighted by atomic mass is 16.6. The second-order valence-corrected chi connectivity index (χ2v) is 14.0. The van der Waals surface area contributed by atoms with Gasteiger partial charge in [-0.2, -0.15) is 0 Å². The summed E-state index contributed by atoms with van der Waals surface area (Å²) >= 11 is 0. The van der Waals surface area contributed by atoms with E-state index < -0.39 is 54.0 Å². The number of carboxylic acids is 1. The topological polar surface area (TPSA) is 182 Å². The Morgan fingerprint density at radius 2 is 1.93 bits per heavy atom. The molecule has 4 aliphatic rings. The molecule has 45 heavy (non-hydrogen) atoms. The van der Waals surface area contributed by atoms with Crippen LogP contribution in [-0.2, 0) is 25.6 Å². The normalized spacial score (nSPS) is 35.6. The average molecular weight is 622 g/mol. The van der Waals surface area contributed by atoms with Gasteiger partial charge in [0.2, 0.25) is 0 Å². The zero-order valence-corrected chi connectivity index (χ0v) is 25.8. The number of hydrogen-bond acceptors (Lipinski definition) is 8. The van der Waals surface area contributed by atoms with Gasteiger partial charge in [-0.05, 0) is 85.8 Å². The van der Waals surface area contributed by atoms with E-state index in [2.05, 4.69) is 22.4 Å². The predicted octanol–water partition coefficient (Wildman–Crippen LogP) is 2.88. The number of amides is 1. The second-order valence-electron chi connectivity index (χ2n) is 14.0. The van der Waals surface area contributed by atoms with Crippen LogP contribution in [0.2, 0.25) is 0 Å². The van der Waals surface area contributed by atoms with Gasteiger partial charge in [0, 0.05) is 28.9 Å². The van der Waals surface area contributed by atoms with Crippen molar-refractivity contribution in [2.75, 3.05) is 13.2 Å². The van der Waals surface area contributed by atoms with Gasteiger partial charge in [0.05, 0.1) is 11.8 Å². The summed E-state index contributed by atoms with van der Waals surface area (Å²) < 4.78 is 0. The number of hydrogen-bond donors (Lipinski definition) is 6. The summed E-state index contributed by atoms with van der Waals surface area (Å²) in [7, 11) is 0. The number of fused-ring (bicyclic) bond motifs is 6. The molecule has 3 fully saturated rings. The summed E-state index contributed by atoms with van der Waals surface area (Å²) in [5.41, 5.74) is 0.877. The van der Waals surface area contributed by atoms with Gasteiger partial charge in [-0.15, -0.1) is 0 Å². The molecule has 1 amide bonds. The number of rotatable bonds is 9. The molecule has 0 radical (unpaired) electrons. The first kappa shape index (κ1) is 31.4. The van der Waals surface area contributed by atoms with Gasteiger partial charge in [0.15, 0.2) is 12.4 Å². The Bertz CT molecular complexity index is 1570. The molecule has 6 rings (SSSR count). The lowest BCUT2D eigenvalue weighted by Gasteiger charge is -2.60. The number of Topliss-reactive ketones (excluding diaryl/α,β-unsaturated/α-hetero) is 1. The number of allylic oxidation sites excluding steroid dienone is 2. The fraction of sp³-hybridized carbons (Fsp3) is 0.588. The molecule has 8 atom stereocenters. The minimum atomic E-state index is -1.62. The van der Waals surface area contributed by atoms with E-state index in [-0.39, 0.29) is 29.6 Å². The number of aliphatic hydroxyl groups excluding tert-OH is 2. The summed E-state index contributed by atoms with van der Waals surface area (Å²) in [6, 6.07) is 6.45. The number of oxime groups is 1. The van der Waals surface area contributed by atoms with Crippen molar-refractivity contribution in [1.82, 2.24) is 10.3 Å². The Morgan fingerprint density at radius 3 is 2.69 bits per heavy atom. The molecule has 0 spiro atoms. The summed E-state index contributed by atoms with van der Waals surface area (Å²) in [5.74, 6) is -2.08. The average Bonchev–Trinajstić information content (AvgIpc) is 3.54. The smallest absolute Gasteiger partial charge is 0.326 e. The zero-order valence-electron chi connectivity index (χ0n) is 25.8. The molecule has 11 nitrogen and oxygen atoms in total. The first-order chi connectivity index (χ1) is 21.4. The number of carbonyl (C=O) groups is 3. The van der Waals surface area contributed by atoms with Gasteiger partial charge < -0.3 is 35.6 Å². The summed E-state index contributed by atoms with van der Waals surface area (Å²) in [6.07, 6.45) is 7.41. The fourth-order valence-electron chi connectivity index (χ4n) is 9.49. The van der Waals surface area contributed by atoms with E-state index in [1.165, 1.54) is 5.57 Å². The van der Waals surface area contributed by atoms with Crippen molar-refractivity contribution >= 4 is 34.3 Å². The highest BCUT2D eigenvalue weighted by Crippen LogP contribution is 2.67. The molecule has 11 heteroatoms. The first-order valence-electron chi connectivity index (χ1n) is 15.9. The molecule has 1 aromatic carbocycles. The Kier molecular flexibility index (Phi) is 8.16. The quantitative estimate of drug-likeness (QED) is 0.231. The largest absolute Gasteiger partial charge is 0.480 e. The maximum atomic E-state index is 12.6. The van der Waals surface area contributed by atoms with Crippen LogP contribution in [0.5, 0.6) is 0 Å². The van der Waals surface area contributed by atoms with Gasteiger partial charge >= 0.3 is 5.97 Å². The van der Waals surface area contributed by atoms with Crippen molar-refractivity contribution in [1.29, 1.82) is 0 Å². The van der Waals surface area contributed by atoms with E-state index in [0.29, 0.717) is 31.4 Å². The zero-order chi connectivity index (χ0) is 32.1. The molecule has 1 aromatic heterocycles. The maximum absolute atomic E-state index is 12.6. The number of ketones is 1. The molecule has 1 heterocycles. The number of nitrogens with zero attached hydrogens (tertiary/aromatic N) is 1. The third kappa shape index (κ3) is 5.18. The van der Waals surface area contributed by atoms with Crippen LogP contribution in [0.4, 0.5) is 0 Å². The van der Waals surface area contributed by atoms with Crippen LogP contribution in [0.1, 0.15) is 64.4 Å². The van der Waals surface area contributed by atoms with Crippen molar-refractivity contribution in [3.8, 4) is 0 Å². The highest BCUT2D eigenvalue weighted by molar-refractivity contribution is 5.96. The third-order valence-electron chi connectivity index (χ3n) is 11.8. The van der Waals surface area contributed by atoms with E-state index in [0.717, 1.165) is 35.7 Å².